The maximum atomic E-state index is 13.0. The van der Waals surface area contributed by atoms with E-state index in [2.05, 4.69) is 0 Å². The van der Waals surface area contributed by atoms with E-state index in [1.165, 1.54) is 13.2 Å². The summed E-state index contributed by atoms with van der Waals surface area (Å²) in [4.78, 5) is 26.3. The highest BCUT2D eigenvalue weighted by molar-refractivity contribution is 7.89. The van der Waals surface area contributed by atoms with Crippen LogP contribution in [-0.4, -0.2) is 58.0 Å². The van der Waals surface area contributed by atoms with Crippen molar-refractivity contribution in [1.29, 1.82) is 0 Å². The van der Waals surface area contributed by atoms with Gasteiger partial charge in [0.2, 0.25) is 10.0 Å². The number of hydrogen-bond acceptors (Lipinski definition) is 6. The Kier molecular flexibility index (Phi) is 6.48. The molecule has 0 bridgehead atoms. The number of anilines is 1. The minimum atomic E-state index is -3.51. The largest absolute Gasteiger partial charge is 0.484 e. The second-order valence-electron chi connectivity index (χ2n) is 7.86. The number of nitrogens with zero attached hydrogens (tertiary/aromatic N) is 2. The Bertz CT molecular complexity index is 1130. The maximum absolute atomic E-state index is 13.0. The van der Waals surface area contributed by atoms with Crippen LogP contribution in [0.25, 0.3) is 0 Å². The number of fused-ring (bicyclic) bond motifs is 1. The molecule has 2 aliphatic rings. The monoisotopic (exact) mass is 458 g/mol. The number of benzene rings is 2. The van der Waals surface area contributed by atoms with Gasteiger partial charge >= 0.3 is 5.97 Å². The lowest BCUT2D eigenvalue weighted by atomic mass is 10.2. The molecule has 0 saturated carbocycles. The summed E-state index contributed by atoms with van der Waals surface area (Å²) in [5, 5.41) is 0. The molecular weight excluding hydrogens is 432 g/mol. The van der Waals surface area contributed by atoms with Crippen LogP contribution >= 0.6 is 0 Å². The Labute approximate surface area is 187 Å². The summed E-state index contributed by atoms with van der Waals surface area (Å²) in [6.07, 6.45) is 3.41. The second-order valence-corrected chi connectivity index (χ2v) is 9.80. The van der Waals surface area contributed by atoms with Crippen LogP contribution in [-0.2, 0) is 26.0 Å². The van der Waals surface area contributed by atoms with Crippen molar-refractivity contribution in [3.63, 3.8) is 0 Å². The average molecular weight is 459 g/mol. The van der Waals surface area contributed by atoms with Crippen molar-refractivity contribution in [3.8, 4) is 5.75 Å². The molecule has 1 amide bonds. The normalized spacial score (nSPS) is 16.5. The molecule has 4 rings (SSSR count). The van der Waals surface area contributed by atoms with Crippen LogP contribution in [0.15, 0.2) is 47.4 Å². The SMILES string of the molecule is COC(=O)c1cccc(OCC(=O)N2CCc3cc(S(=O)(=O)N4CCCCC4)ccc32)c1. The van der Waals surface area contributed by atoms with Gasteiger partial charge in [-0.1, -0.05) is 12.5 Å². The Morgan fingerprint density at radius 1 is 1.00 bits per heavy atom. The summed E-state index contributed by atoms with van der Waals surface area (Å²) in [5.74, 6) is -0.326. The van der Waals surface area contributed by atoms with Gasteiger partial charge in [0.05, 0.1) is 17.6 Å². The molecule has 2 aliphatic heterocycles. The molecule has 2 aromatic rings. The number of rotatable bonds is 6. The van der Waals surface area contributed by atoms with Crippen LogP contribution in [0.2, 0.25) is 0 Å². The van der Waals surface area contributed by atoms with Gasteiger partial charge in [0, 0.05) is 25.3 Å². The van der Waals surface area contributed by atoms with E-state index in [-0.39, 0.29) is 17.4 Å². The third-order valence-electron chi connectivity index (χ3n) is 5.82. The summed E-state index contributed by atoms with van der Waals surface area (Å²) in [7, 11) is -2.21. The lowest BCUT2D eigenvalue weighted by Crippen LogP contribution is -2.35. The average Bonchev–Trinajstić information content (AvgIpc) is 3.26. The van der Waals surface area contributed by atoms with Crippen LogP contribution in [0.3, 0.4) is 0 Å². The molecule has 0 aromatic heterocycles. The summed E-state index contributed by atoms with van der Waals surface area (Å²) >= 11 is 0. The van der Waals surface area contributed by atoms with Gasteiger partial charge in [-0.25, -0.2) is 13.2 Å². The first-order chi connectivity index (χ1) is 15.4. The van der Waals surface area contributed by atoms with Gasteiger partial charge in [0.1, 0.15) is 5.75 Å². The number of carbonyl (C=O) groups excluding carboxylic acids is 2. The molecule has 2 heterocycles. The number of esters is 1. The van der Waals surface area contributed by atoms with Crippen LogP contribution in [0, 0.1) is 0 Å². The Hall–Kier alpha value is -2.91. The topological polar surface area (TPSA) is 93.2 Å². The minimum Gasteiger partial charge on any atom is -0.484 e. The fourth-order valence-electron chi connectivity index (χ4n) is 4.11. The van der Waals surface area contributed by atoms with E-state index in [0.717, 1.165) is 24.8 Å². The Morgan fingerprint density at radius 3 is 2.53 bits per heavy atom. The molecule has 0 unspecified atom stereocenters. The molecule has 8 nitrogen and oxygen atoms in total. The van der Waals surface area contributed by atoms with E-state index in [1.807, 2.05) is 0 Å². The molecule has 32 heavy (non-hydrogen) atoms. The van der Waals surface area contributed by atoms with Crippen LogP contribution in [0.1, 0.15) is 35.2 Å². The van der Waals surface area contributed by atoms with Crippen molar-refractivity contribution >= 4 is 27.6 Å². The molecule has 170 valence electrons. The Morgan fingerprint density at radius 2 is 1.78 bits per heavy atom. The molecule has 0 spiro atoms. The quantitative estimate of drug-likeness (QED) is 0.618. The highest BCUT2D eigenvalue weighted by Gasteiger charge is 2.30. The number of sulfonamides is 1. The third-order valence-corrected chi connectivity index (χ3v) is 7.71. The maximum Gasteiger partial charge on any atom is 0.337 e. The summed E-state index contributed by atoms with van der Waals surface area (Å²) in [5.41, 5.74) is 1.88. The number of amides is 1. The molecule has 1 saturated heterocycles. The molecule has 0 atom stereocenters. The highest BCUT2D eigenvalue weighted by Crippen LogP contribution is 2.32. The molecule has 1 fully saturated rings. The molecule has 2 aromatic carbocycles. The predicted octanol–water partition coefficient (Wildman–Crippen LogP) is 2.62. The first-order valence-electron chi connectivity index (χ1n) is 10.6. The molecular formula is C23H26N2O6S. The van der Waals surface area contributed by atoms with Crippen LogP contribution in [0.4, 0.5) is 5.69 Å². The van der Waals surface area contributed by atoms with Crippen molar-refractivity contribution in [3.05, 3.63) is 53.6 Å². The van der Waals surface area contributed by atoms with Crippen molar-refractivity contribution in [1.82, 2.24) is 4.31 Å². The van der Waals surface area contributed by atoms with Crippen molar-refractivity contribution in [2.24, 2.45) is 0 Å². The van der Waals surface area contributed by atoms with Crippen molar-refractivity contribution < 1.29 is 27.5 Å². The van der Waals surface area contributed by atoms with E-state index >= 15 is 0 Å². The molecule has 0 radical (unpaired) electrons. The zero-order valence-corrected chi connectivity index (χ0v) is 18.8. The lowest BCUT2D eigenvalue weighted by Gasteiger charge is -2.26. The number of ether oxygens (including phenoxy) is 2. The van der Waals surface area contributed by atoms with Gasteiger partial charge in [-0.05, 0) is 61.2 Å². The summed E-state index contributed by atoms with van der Waals surface area (Å²) in [6, 6.07) is 11.4. The fourth-order valence-corrected chi connectivity index (χ4v) is 5.67. The fraction of sp³-hybridized carbons (Fsp3) is 0.391. The number of hydrogen-bond donors (Lipinski definition) is 0. The lowest BCUT2D eigenvalue weighted by molar-refractivity contribution is -0.120. The van der Waals surface area contributed by atoms with Gasteiger partial charge in [0.25, 0.3) is 5.91 Å². The molecule has 0 N–H and O–H groups in total. The minimum absolute atomic E-state index is 0.197. The van der Waals surface area contributed by atoms with Gasteiger partial charge < -0.3 is 14.4 Å². The first kappa shape index (κ1) is 22.3. The van der Waals surface area contributed by atoms with Gasteiger partial charge in [-0.3, -0.25) is 4.79 Å². The number of carbonyl (C=O) groups is 2. The molecule has 9 heteroatoms. The highest BCUT2D eigenvalue weighted by atomic mass is 32.2. The molecule has 0 aliphatic carbocycles. The van der Waals surface area contributed by atoms with E-state index in [1.54, 1.807) is 45.6 Å². The van der Waals surface area contributed by atoms with E-state index in [4.69, 9.17) is 9.47 Å². The zero-order valence-electron chi connectivity index (χ0n) is 18.0. The van der Waals surface area contributed by atoms with Crippen molar-refractivity contribution in [2.45, 2.75) is 30.6 Å². The van der Waals surface area contributed by atoms with Gasteiger partial charge in [-0.15, -0.1) is 0 Å². The Balaban J connectivity index is 1.44. The first-order valence-corrected chi connectivity index (χ1v) is 12.1. The van der Waals surface area contributed by atoms with Gasteiger partial charge in [-0.2, -0.15) is 4.31 Å². The summed E-state index contributed by atoms with van der Waals surface area (Å²) < 4.78 is 37.7. The second kappa shape index (κ2) is 9.30. The van der Waals surface area contributed by atoms with E-state index in [0.29, 0.717) is 43.1 Å². The summed E-state index contributed by atoms with van der Waals surface area (Å²) in [6.45, 7) is 1.38. The van der Waals surface area contributed by atoms with Crippen LogP contribution < -0.4 is 9.64 Å². The number of piperidine rings is 1. The standard InChI is InChI=1S/C23H26N2O6S/c1-30-23(27)18-6-5-7-19(14-18)31-16-22(26)25-13-10-17-15-20(8-9-21(17)25)32(28,29)24-11-3-2-4-12-24/h5-9,14-15H,2-4,10-13,16H2,1H3. The third kappa shape index (κ3) is 4.49. The smallest absolute Gasteiger partial charge is 0.337 e. The van der Waals surface area contributed by atoms with Crippen molar-refractivity contribution in [2.75, 3.05) is 38.3 Å². The zero-order chi connectivity index (χ0) is 22.7. The van der Waals surface area contributed by atoms with E-state index in [9.17, 15) is 18.0 Å². The van der Waals surface area contributed by atoms with Crippen LogP contribution in [0.5, 0.6) is 5.75 Å². The van der Waals surface area contributed by atoms with E-state index < -0.39 is 16.0 Å². The number of methoxy groups -OCH3 is 1. The predicted molar refractivity (Wildman–Crippen MR) is 118 cm³/mol. The van der Waals surface area contributed by atoms with Gasteiger partial charge in [0.15, 0.2) is 6.61 Å².